The highest BCUT2D eigenvalue weighted by Gasteiger charge is 2.31. The lowest BCUT2D eigenvalue weighted by molar-refractivity contribution is -0.138. The Kier molecular flexibility index (Phi) is 4.84. The lowest BCUT2D eigenvalue weighted by Gasteiger charge is -2.29. The Hall–Kier alpha value is -0.290. The summed E-state index contributed by atoms with van der Waals surface area (Å²) in [6.45, 7) is 7.93. The summed E-state index contributed by atoms with van der Waals surface area (Å²) >= 11 is 0. The molecule has 0 radical (unpaired) electrons. The average molecular weight is 252 g/mol. The summed E-state index contributed by atoms with van der Waals surface area (Å²) in [5.74, 6) is 0. The molecule has 1 fully saturated rings. The number of halogens is 3. The predicted molar refractivity (Wildman–Crippen MR) is 63.0 cm³/mol. The monoisotopic (exact) mass is 252 g/mol. The Labute approximate surface area is 102 Å². The maximum absolute atomic E-state index is 12.2. The topological polar surface area (TPSA) is 15.3 Å². The number of hydrogen-bond acceptors (Lipinski definition) is 2. The summed E-state index contributed by atoms with van der Waals surface area (Å²) in [5, 5.41) is 3.37. The van der Waals surface area contributed by atoms with Gasteiger partial charge in [-0.1, -0.05) is 0 Å². The SMILES string of the molecule is CC(C)(C)NCC1CCCN1CCC(F)(F)F. The van der Waals surface area contributed by atoms with Gasteiger partial charge in [-0.15, -0.1) is 0 Å². The molecule has 1 heterocycles. The van der Waals surface area contributed by atoms with E-state index in [-0.39, 0.29) is 18.1 Å². The van der Waals surface area contributed by atoms with E-state index in [9.17, 15) is 13.2 Å². The lowest BCUT2D eigenvalue weighted by atomic mass is 10.1. The number of hydrogen-bond donors (Lipinski definition) is 1. The van der Waals surface area contributed by atoms with Gasteiger partial charge in [-0.05, 0) is 40.2 Å². The molecule has 0 aromatic rings. The molecule has 0 amide bonds. The Bertz CT molecular complexity index is 209. The van der Waals surface area contributed by atoms with Gasteiger partial charge in [0.15, 0.2) is 0 Å². The van der Waals surface area contributed by atoms with E-state index in [1.165, 1.54) is 0 Å². The minimum Gasteiger partial charge on any atom is -0.311 e. The van der Waals surface area contributed by atoms with Crippen LogP contribution in [0.15, 0.2) is 0 Å². The molecule has 102 valence electrons. The molecule has 2 nitrogen and oxygen atoms in total. The van der Waals surface area contributed by atoms with E-state index < -0.39 is 12.6 Å². The quantitative estimate of drug-likeness (QED) is 0.827. The molecule has 5 heteroatoms. The second-order valence-electron chi connectivity index (χ2n) is 5.83. The molecule has 1 aliphatic rings. The first kappa shape index (κ1) is 14.8. The zero-order valence-corrected chi connectivity index (χ0v) is 10.9. The van der Waals surface area contributed by atoms with Crippen molar-refractivity contribution in [3.05, 3.63) is 0 Å². The van der Waals surface area contributed by atoms with Crippen molar-refractivity contribution in [2.75, 3.05) is 19.6 Å². The number of nitrogens with one attached hydrogen (secondary N) is 1. The molecule has 0 aromatic carbocycles. The van der Waals surface area contributed by atoms with Gasteiger partial charge in [0.2, 0.25) is 0 Å². The van der Waals surface area contributed by atoms with E-state index >= 15 is 0 Å². The van der Waals surface area contributed by atoms with Crippen molar-refractivity contribution < 1.29 is 13.2 Å². The van der Waals surface area contributed by atoms with Crippen molar-refractivity contribution in [3.8, 4) is 0 Å². The largest absolute Gasteiger partial charge is 0.390 e. The fourth-order valence-corrected chi connectivity index (χ4v) is 2.12. The molecule has 0 aromatic heterocycles. The summed E-state index contributed by atoms with van der Waals surface area (Å²) in [6.07, 6.45) is -2.72. The lowest BCUT2D eigenvalue weighted by Crippen LogP contribution is -2.45. The van der Waals surface area contributed by atoms with Crippen molar-refractivity contribution in [1.82, 2.24) is 10.2 Å². The number of rotatable bonds is 4. The summed E-state index contributed by atoms with van der Waals surface area (Å²) in [5.41, 5.74) is 0.0261. The highest BCUT2D eigenvalue weighted by Crippen LogP contribution is 2.23. The maximum Gasteiger partial charge on any atom is 0.390 e. The molecular weight excluding hydrogens is 229 g/mol. The van der Waals surface area contributed by atoms with Crippen LogP contribution in [0.25, 0.3) is 0 Å². The first-order valence-electron chi connectivity index (χ1n) is 6.23. The standard InChI is InChI=1S/C12H23F3N2/c1-11(2,3)16-9-10-5-4-7-17(10)8-6-12(13,14)15/h10,16H,4-9H2,1-3H3. The molecule has 1 atom stereocenters. The minimum atomic E-state index is -4.04. The summed E-state index contributed by atoms with van der Waals surface area (Å²) in [6, 6.07) is 0.261. The van der Waals surface area contributed by atoms with E-state index in [4.69, 9.17) is 0 Å². The van der Waals surface area contributed by atoms with Crippen LogP contribution < -0.4 is 5.32 Å². The van der Waals surface area contributed by atoms with E-state index in [2.05, 4.69) is 26.1 Å². The third kappa shape index (κ3) is 6.27. The summed E-state index contributed by atoms with van der Waals surface area (Å²) < 4.78 is 36.5. The molecule has 1 N–H and O–H groups in total. The van der Waals surface area contributed by atoms with E-state index in [1.54, 1.807) is 0 Å². The highest BCUT2D eigenvalue weighted by atomic mass is 19.4. The van der Waals surface area contributed by atoms with Gasteiger partial charge in [0.25, 0.3) is 0 Å². The van der Waals surface area contributed by atoms with Crippen LogP contribution >= 0.6 is 0 Å². The number of nitrogens with zero attached hydrogens (tertiary/aromatic N) is 1. The van der Waals surface area contributed by atoms with Gasteiger partial charge in [0.1, 0.15) is 0 Å². The zero-order chi connectivity index (χ0) is 13.1. The summed E-state index contributed by atoms with van der Waals surface area (Å²) in [7, 11) is 0. The third-order valence-electron chi connectivity index (χ3n) is 3.05. The van der Waals surface area contributed by atoms with Crippen LogP contribution in [0.3, 0.4) is 0 Å². The van der Waals surface area contributed by atoms with Gasteiger partial charge >= 0.3 is 6.18 Å². The fourth-order valence-electron chi connectivity index (χ4n) is 2.12. The van der Waals surface area contributed by atoms with Crippen LogP contribution in [-0.4, -0.2) is 42.3 Å². The normalized spacial score (nSPS) is 23.3. The van der Waals surface area contributed by atoms with E-state index in [0.717, 1.165) is 25.9 Å². The predicted octanol–water partition coefficient (Wildman–Crippen LogP) is 2.79. The average Bonchev–Trinajstić information content (AvgIpc) is 2.56. The van der Waals surface area contributed by atoms with Gasteiger partial charge in [-0.3, -0.25) is 4.90 Å². The van der Waals surface area contributed by atoms with Gasteiger partial charge in [0, 0.05) is 24.7 Å². The van der Waals surface area contributed by atoms with Crippen LogP contribution in [0.5, 0.6) is 0 Å². The highest BCUT2D eigenvalue weighted by molar-refractivity contribution is 4.84. The first-order valence-corrected chi connectivity index (χ1v) is 6.23. The smallest absolute Gasteiger partial charge is 0.311 e. The van der Waals surface area contributed by atoms with Crippen LogP contribution in [0, 0.1) is 0 Å². The molecule has 1 unspecified atom stereocenters. The van der Waals surface area contributed by atoms with Crippen LogP contribution in [0.2, 0.25) is 0 Å². The van der Waals surface area contributed by atoms with Gasteiger partial charge < -0.3 is 5.32 Å². The molecule has 0 spiro atoms. The van der Waals surface area contributed by atoms with Crippen molar-refractivity contribution in [2.24, 2.45) is 0 Å². The second kappa shape index (κ2) is 5.57. The minimum absolute atomic E-state index is 0.0261. The third-order valence-corrected chi connectivity index (χ3v) is 3.05. The Morgan fingerprint density at radius 2 is 1.88 bits per heavy atom. The Balaban J connectivity index is 2.34. The maximum atomic E-state index is 12.2. The molecule has 0 aliphatic carbocycles. The van der Waals surface area contributed by atoms with Crippen LogP contribution in [0.4, 0.5) is 13.2 Å². The number of likely N-dealkylation sites (tertiary alicyclic amines) is 1. The molecule has 17 heavy (non-hydrogen) atoms. The van der Waals surface area contributed by atoms with Crippen molar-refractivity contribution >= 4 is 0 Å². The molecule has 0 bridgehead atoms. The fraction of sp³-hybridized carbons (Fsp3) is 1.00. The molecule has 1 aliphatic heterocycles. The zero-order valence-electron chi connectivity index (χ0n) is 10.9. The first-order chi connectivity index (χ1) is 7.67. The molecule has 0 saturated carbocycles. The van der Waals surface area contributed by atoms with Gasteiger partial charge in [0.05, 0.1) is 6.42 Å². The van der Waals surface area contributed by atoms with Gasteiger partial charge in [-0.2, -0.15) is 13.2 Å². The van der Waals surface area contributed by atoms with Crippen LogP contribution in [0.1, 0.15) is 40.0 Å². The molecule has 1 rings (SSSR count). The van der Waals surface area contributed by atoms with E-state index in [0.29, 0.717) is 0 Å². The van der Waals surface area contributed by atoms with Crippen molar-refractivity contribution in [3.63, 3.8) is 0 Å². The second-order valence-corrected chi connectivity index (χ2v) is 5.83. The Morgan fingerprint density at radius 1 is 1.24 bits per heavy atom. The van der Waals surface area contributed by atoms with E-state index in [1.807, 2.05) is 4.90 Å². The van der Waals surface area contributed by atoms with Crippen molar-refractivity contribution in [1.29, 1.82) is 0 Å². The molecule has 1 saturated heterocycles. The number of alkyl halides is 3. The van der Waals surface area contributed by atoms with Gasteiger partial charge in [-0.25, -0.2) is 0 Å². The van der Waals surface area contributed by atoms with Crippen molar-refractivity contribution in [2.45, 2.75) is 57.8 Å². The van der Waals surface area contributed by atoms with Crippen LogP contribution in [-0.2, 0) is 0 Å². The Morgan fingerprint density at radius 3 is 2.41 bits per heavy atom. The molecular formula is C12H23F3N2. The summed E-state index contributed by atoms with van der Waals surface area (Å²) in [4.78, 5) is 1.96.